The third-order valence-electron chi connectivity index (χ3n) is 8.07. The molecule has 0 bridgehead atoms. The minimum atomic E-state index is -0.558. The zero-order valence-corrected chi connectivity index (χ0v) is 22.8. The van der Waals surface area contributed by atoms with Crippen LogP contribution in [0.3, 0.4) is 0 Å². The Hall–Kier alpha value is -3.75. The van der Waals surface area contributed by atoms with E-state index in [0.29, 0.717) is 36.9 Å². The van der Waals surface area contributed by atoms with Gasteiger partial charge in [-0.15, -0.1) is 0 Å². The molecular formula is C32H36FN3O4. The van der Waals surface area contributed by atoms with Crippen LogP contribution in [0.15, 0.2) is 72.8 Å². The van der Waals surface area contributed by atoms with Gasteiger partial charge in [0.25, 0.3) is 5.91 Å². The first kappa shape index (κ1) is 27.8. The topological polar surface area (TPSA) is 82.1 Å². The maximum Gasteiger partial charge on any atom is 0.411 e. The number of carbonyl (C=O) groups is 2. The molecule has 1 saturated carbocycles. The van der Waals surface area contributed by atoms with Gasteiger partial charge in [0.2, 0.25) is 0 Å². The number of aliphatic hydroxyl groups excluding tert-OH is 1. The summed E-state index contributed by atoms with van der Waals surface area (Å²) >= 11 is 0. The van der Waals surface area contributed by atoms with E-state index in [0.717, 1.165) is 42.7 Å². The molecule has 5 rings (SSSR count). The molecule has 3 aromatic carbocycles. The zero-order chi connectivity index (χ0) is 28.1. The van der Waals surface area contributed by atoms with Crippen LogP contribution in [0.2, 0.25) is 0 Å². The van der Waals surface area contributed by atoms with E-state index in [1.54, 1.807) is 18.0 Å². The van der Waals surface area contributed by atoms with Crippen LogP contribution in [-0.4, -0.2) is 72.8 Å². The molecule has 7 nitrogen and oxygen atoms in total. The normalized spacial score (nSPS) is 20.2. The number of hydrogen-bond donors (Lipinski definition) is 2. The van der Waals surface area contributed by atoms with Gasteiger partial charge in [0.15, 0.2) is 0 Å². The first-order valence-corrected chi connectivity index (χ1v) is 13.9. The van der Waals surface area contributed by atoms with E-state index in [1.165, 1.54) is 12.1 Å². The van der Waals surface area contributed by atoms with Gasteiger partial charge >= 0.3 is 6.09 Å². The number of likely N-dealkylation sites (tertiary alicyclic amines) is 1. The molecule has 3 atom stereocenters. The Labute approximate surface area is 234 Å². The predicted molar refractivity (Wildman–Crippen MR) is 153 cm³/mol. The molecule has 2 fully saturated rings. The quantitative estimate of drug-likeness (QED) is 0.393. The van der Waals surface area contributed by atoms with Gasteiger partial charge in [0, 0.05) is 45.4 Å². The number of benzene rings is 3. The Kier molecular flexibility index (Phi) is 8.77. The van der Waals surface area contributed by atoms with E-state index < -0.39 is 11.9 Å². The second-order valence-corrected chi connectivity index (χ2v) is 10.8. The molecule has 1 aliphatic carbocycles. The van der Waals surface area contributed by atoms with Crippen LogP contribution in [0.1, 0.15) is 28.8 Å². The molecule has 0 spiro atoms. The number of ether oxygens (including phenoxy) is 1. The summed E-state index contributed by atoms with van der Waals surface area (Å²) in [7, 11) is 1.69. The second kappa shape index (κ2) is 12.6. The average molecular weight is 546 g/mol. The number of nitrogens with zero attached hydrogens (tertiary/aromatic N) is 2. The number of likely N-dealkylation sites (N-methyl/N-ethyl adjacent to an activating group) is 1. The minimum Gasteiger partial charge on any atom is -0.446 e. The highest BCUT2D eigenvalue weighted by atomic mass is 19.1. The summed E-state index contributed by atoms with van der Waals surface area (Å²) in [6.45, 7) is 2.94. The highest BCUT2D eigenvalue weighted by molar-refractivity contribution is 5.94. The van der Waals surface area contributed by atoms with Crippen LogP contribution in [-0.2, 0) is 11.2 Å². The molecule has 40 heavy (non-hydrogen) atoms. The van der Waals surface area contributed by atoms with Crippen molar-refractivity contribution in [2.45, 2.75) is 25.4 Å². The first-order valence-electron chi connectivity index (χ1n) is 13.9. The lowest BCUT2D eigenvalue weighted by Gasteiger charge is -2.23. The summed E-state index contributed by atoms with van der Waals surface area (Å²) in [5.41, 5.74) is 3.42. The summed E-state index contributed by atoms with van der Waals surface area (Å²) < 4.78 is 20.3. The summed E-state index contributed by atoms with van der Waals surface area (Å²) in [5.74, 6) is -0.00302. The molecule has 1 unspecified atom stereocenters. The van der Waals surface area contributed by atoms with E-state index >= 15 is 0 Å². The SMILES string of the molecule is CN(CCN1C[C@H]2CC(OC(=O)Nc3ccccc3-c3ccccc3)C[C@H]2C1)C(=O)c1ccc(CCO)cc1F. The maximum absolute atomic E-state index is 14.4. The largest absolute Gasteiger partial charge is 0.446 e. The third-order valence-corrected chi connectivity index (χ3v) is 8.07. The molecule has 1 saturated heterocycles. The second-order valence-electron chi connectivity index (χ2n) is 10.8. The standard InChI is InChI=1S/C32H36FN3O4/c1-35(31(38)28-12-11-22(13-16-37)17-29(28)33)14-15-36-20-24-18-26(19-25(24)21-36)40-32(39)34-30-10-6-5-9-27(30)23-7-3-2-4-8-23/h2-12,17,24-26,37H,13-16,18-21H2,1H3,(H,34,39)/t24-,25+,26?. The molecule has 8 heteroatoms. The number of para-hydroxylation sites is 1. The lowest BCUT2D eigenvalue weighted by Crippen LogP contribution is -2.36. The Morgan fingerprint density at radius 2 is 1.73 bits per heavy atom. The Morgan fingerprint density at radius 1 is 1.02 bits per heavy atom. The summed E-state index contributed by atoms with van der Waals surface area (Å²) in [4.78, 5) is 29.4. The van der Waals surface area contributed by atoms with Crippen molar-refractivity contribution >= 4 is 17.7 Å². The number of fused-ring (bicyclic) bond motifs is 1. The smallest absolute Gasteiger partial charge is 0.411 e. The third kappa shape index (κ3) is 6.51. The van der Waals surface area contributed by atoms with Crippen LogP contribution in [0.25, 0.3) is 11.1 Å². The molecular weight excluding hydrogens is 509 g/mol. The van der Waals surface area contributed by atoms with Gasteiger partial charge in [-0.05, 0) is 60.4 Å². The van der Waals surface area contributed by atoms with Gasteiger partial charge < -0.3 is 19.6 Å². The monoisotopic (exact) mass is 545 g/mol. The lowest BCUT2D eigenvalue weighted by molar-refractivity contribution is 0.0774. The van der Waals surface area contributed by atoms with Crippen LogP contribution < -0.4 is 5.32 Å². The average Bonchev–Trinajstić information content (AvgIpc) is 3.50. The van der Waals surface area contributed by atoms with Crippen LogP contribution >= 0.6 is 0 Å². The van der Waals surface area contributed by atoms with Crippen molar-refractivity contribution in [3.8, 4) is 11.1 Å². The number of halogens is 1. The van der Waals surface area contributed by atoms with Gasteiger partial charge in [0.1, 0.15) is 11.9 Å². The van der Waals surface area contributed by atoms with Gasteiger partial charge in [-0.2, -0.15) is 0 Å². The van der Waals surface area contributed by atoms with Crippen LogP contribution in [0.5, 0.6) is 0 Å². The zero-order valence-electron chi connectivity index (χ0n) is 22.8. The number of anilines is 1. The molecule has 3 aromatic rings. The molecule has 1 aliphatic heterocycles. The van der Waals surface area contributed by atoms with Crippen molar-refractivity contribution in [1.29, 1.82) is 0 Å². The molecule has 1 heterocycles. The maximum atomic E-state index is 14.4. The van der Waals surface area contributed by atoms with Crippen molar-refractivity contribution in [2.75, 3.05) is 45.2 Å². The number of nitrogens with one attached hydrogen (secondary N) is 1. The fraction of sp³-hybridized carbons (Fsp3) is 0.375. The number of carbonyl (C=O) groups excluding carboxylic acids is 2. The highest BCUT2D eigenvalue weighted by Gasteiger charge is 2.42. The van der Waals surface area contributed by atoms with Crippen molar-refractivity contribution in [3.05, 3.63) is 89.7 Å². The van der Waals surface area contributed by atoms with Crippen molar-refractivity contribution in [3.63, 3.8) is 0 Å². The Morgan fingerprint density at radius 3 is 2.42 bits per heavy atom. The number of rotatable bonds is 9. The Balaban J connectivity index is 1.07. The van der Waals surface area contributed by atoms with Gasteiger partial charge in [0.05, 0.1) is 11.3 Å². The van der Waals surface area contributed by atoms with E-state index in [9.17, 15) is 14.0 Å². The van der Waals surface area contributed by atoms with E-state index in [-0.39, 0.29) is 24.2 Å². The van der Waals surface area contributed by atoms with Gasteiger partial charge in [-0.25, -0.2) is 9.18 Å². The van der Waals surface area contributed by atoms with Gasteiger partial charge in [-0.1, -0.05) is 54.6 Å². The first-order chi connectivity index (χ1) is 19.4. The molecule has 2 N–H and O–H groups in total. The fourth-order valence-corrected chi connectivity index (χ4v) is 5.99. The lowest BCUT2D eigenvalue weighted by atomic mass is 10.0. The van der Waals surface area contributed by atoms with Gasteiger partial charge in [-0.3, -0.25) is 10.1 Å². The summed E-state index contributed by atoms with van der Waals surface area (Å²) in [6.07, 6.45) is 1.48. The fourth-order valence-electron chi connectivity index (χ4n) is 5.99. The van der Waals surface area contributed by atoms with E-state index in [4.69, 9.17) is 9.84 Å². The number of aliphatic hydroxyl groups is 1. The molecule has 2 aliphatic rings. The Bertz CT molecular complexity index is 1320. The van der Waals surface area contributed by atoms with Crippen molar-refractivity contribution in [1.82, 2.24) is 9.80 Å². The summed E-state index contributed by atoms with van der Waals surface area (Å²) in [5, 5.41) is 12.0. The summed E-state index contributed by atoms with van der Waals surface area (Å²) in [6, 6.07) is 22.1. The molecule has 0 radical (unpaired) electrons. The van der Waals surface area contributed by atoms with Crippen LogP contribution in [0, 0.1) is 17.7 Å². The van der Waals surface area contributed by atoms with Crippen molar-refractivity contribution < 1.29 is 23.8 Å². The number of amides is 2. The van der Waals surface area contributed by atoms with Crippen molar-refractivity contribution in [2.24, 2.45) is 11.8 Å². The predicted octanol–water partition coefficient (Wildman–Crippen LogP) is 5.06. The minimum absolute atomic E-state index is 0.0483. The molecule has 210 valence electrons. The highest BCUT2D eigenvalue weighted by Crippen LogP contribution is 2.39. The molecule has 2 amide bonds. The van der Waals surface area contributed by atoms with E-state index in [1.807, 2.05) is 54.6 Å². The van der Waals surface area contributed by atoms with E-state index in [2.05, 4.69) is 10.2 Å². The number of hydrogen-bond acceptors (Lipinski definition) is 5. The van der Waals surface area contributed by atoms with Crippen LogP contribution in [0.4, 0.5) is 14.9 Å². The molecule has 0 aromatic heterocycles.